The zero-order valence-electron chi connectivity index (χ0n) is 25.3. The first-order valence-corrected chi connectivity index (χ1v) is 15.2. The Morgan fingerprint density at radius 3 is 2.49 bits per heavy atom. The van der Waals surface area contributed by atoms with Crippen LogP contribution in [0.4, 0.5) is 8.78 Å². The number of carbonyl (C=O) groups is 2. The molecule has 2 aliphatic heterocycles. The first-order valence-electron chi connectivity index (χ1n) is 15.2. The van der Waals surface area contributed by atoms with Crippen LogP contribution in [0.1, 0.15) is 100 Å². The molecule has 5 rings (SSSR count). The smallest absolute Gasteiger partial charge is 0.275 e. The van der Waals surface area contributed by atoms with E-state index in [1.165, 1.54) is 12.1 Å². The molecule has 0 bridgehead atoms. The molecule has 1 fully saturated rings. The number of amidine groups is 1. The number of nitrogens with zero attached hydrogens (tertiary/aromatic N) is 3. The average molecular weight is 594 g/mol. The van der Waals surface area contributed by atoms with Crippen molar-refractivity contribution < 1.29 is 18.4 Å². The van der Waals surface area contributed by atoms with Crippen molar-refractivity contribution in [3.63, 3.8) is 0 Å². The third kappa shape index (κ3) is 6.00. The lowest BCUT2D eigenvalue weighted by molar-refractivity contribution is -0.133. The molecule has 0 saturated heterocycles. The summed E-state index contributed by atoms with van der Waals surface area (Å²) >= 11 is 0. The molecule has 0 aromatic heterocycles. The van der Waals surface area contributed by atoms with Gasteiger partial charge in [-0.25, -0.2) is 14.3 Å². The highest BCUT2D eigenvalue weighted by atomic mass is 19.2. The monoisotopic (exact) mass is 593 g/mol. The second kappa shape index (κ2) is 12.4. The van der Waals surface area contributed by atoms with Gasteiger partial charge in [0.25, 0.3) is 11.8 Å². The highest BCUT2D eigenvalue weighted by molar-refractivity contribution is 6.46. The third-order valence-corrected chi connectivity index (χ3v) is 9.50. The van der Waals surface area contributed by atoms with E-state index >= 15 is 4.39 Å². The number of carbonyl (C=O) groups excluding carboxylic acids is 2. The molecule has 2 aromatic rings. The van der Waals surface area contributed by atoms with E-state index in [0.29, 0.717) is 36.6 Å². The third-order valence-electron chi connectivity index (χ3n) is 9.50. The van der Waals surface area contributed by atoms with Gasteiger partial charge in [-0.1, -0.05) is 58.7 Å². The molecule has 1 spiro atoms. The maximum atomic E-state index is 15.0. The minimum atomic E-state index is -1.06. The number of benzene rings is 2. The summed E-state index contributed by atoms with van der Waals surface area (Å²) in [6.07, 6.45) is 5.56. The number of hydrazine groups is 2. The Morgan fingerprint density at radius 2 is 1.86 bits per heavy atom. The van der Waals surface area contributed by atoms with Gasteiger partial charge in [-0.3, -0.25) is 20.0 Å². The summed E-state index contributed by atoms with van der Waals surface area (Å²) in [6, 6.07) is 10.8. The highest BCUT2D eigenvalue weighted by Gasteiger charge is 2.53. The summed E-state index contributed by atoms with van der Waals surface area (Å²) in [5.41, 5.74) is 8.48. The minimum absolute atomic E-state index is 0.0188. The summed E-state index contributed by atoms with van der Waals surface area (Å²) in [5, 5.41) is 6.77. The highest BCUT2D eigenvalue weighted by Crippen LogP contribution is 2.50. The Bertz CT molecular complexity index is 1420. The van der Waals surface area contributed by atoms with E-state index in [1.54, 1.807) is 12.1 Å². The van der Waals surface area contributed by atoms with Crippen LogP contribution in [0.15, 0.2) is 52.6 Å². The van der Waals surface area contributed by atoms with Gasteiger partial charge in [-0.05, 0) is 73.3 Å². The predicted octanol–water partition coefficient (Wildman–Crippen LogP) is 5.12. The fourth-order valence-electron chi connectivity index (χ4n) is 6.56. The molecule has 2 amide bonds. The second-order valence-corrected chi connectivity index (χ2v) is 12.4. The van der Waals surface area contributed by atoms with E-state index in [-0.39, 0.29) is 41.1 Å². The number of nitrogens with one attached hydrogen (secondary N) is 4. The Labute approximate surface area is 251 Å². The van der Waals surface area contributed by atoms with Gasteiger partial charge in [-0.2, -0.15) is 0 Å². The summed E-state index contributed by atoms with van der Waals surface area (Å²) in [6.45, 7) is 9.05. The van der Waals surface area contributed by atoms with Crippen molar-refractivity contribution in [2.75, 3.05) is 6.54 Å². The Morgan fingerprint density at radius 1 is 1.14 bits per heavy atom. The second-order valence-electron chi connectivity index (χ2n) is 12.4. The fourth-order valence-corrected chi connectivity index (χ4v) is 6.56. The maximum absolute atomic E-state index is 15.0. The molecule has 4 N–H and O–H groups in total. The summed E-state index contributed by atoms with van der Waals surface area (Å²) < 4.78 is 29.3. The molecule has 1 saturated carbocycles. The van der Waals surface area contributed by atoms with E-state index in [4.69, 9.17) is 4.99 Å². The molecular formula is C32H41F2N7O2. The Balaban J connectivity index is 1.46. The fraction of sp³-hybridized carbons (Fsp3) is 0.500. The zero-order valence-corrected chi connectivity index (χ0v) is 25.3. The molecule has 9 nitrogen and oxygen atoms in total. The van der Waals surface area contributed by atoms with Crippen LogP contribution in [0.2, 0.25) is 0 Å². The van der Waals surface area contributed by atoms with Gasteiger partial charge in [-0.15, -0.1) is 10.6 Å². The van der Waals surface area contributed by atoms with E-state index in [2.05, 4.69) is 54.6 Å². The van der Waals surface area contributed by atoms with Crippen LogP contribution in [-0.2, 0) is 4.79 Å². The van der Waals surface area contributed by atoms with Crippen LogP contribution in [0.3, 0.4) is 0 Å². The van der Waals surface area contributed by atoms with Crippen molar-refractivity contribution in [1.29, 1.82) is 0 Å². The van der Waals surface area contributed by atoms with Gasteiger partial charge < -0.3 is 10.2 Å². The van der Waals surface area contributed by atoms with Crippen molar-refractivity contribution in [1.82, 2.24) is 26.7 Å². The van der Waals surface area contributed by atoms with Crippen LogP contribution >= 0.6 is 0 Å². The number of rotatable bonds is 10. The van der Waals surface area contributed by atoms with E-state index < -0.39 is 17.3 Å². The number of aliphatic imine (C=N–C) groups is 1. The van der Waals surface area contributed by atoms with Gasteiger partial charge in [0.1, 0.15) is 11.4 Å². The molecule has 43 heavy (non-hydrogen) atoms. The lowest BCUT2D eigenvalue weighted by atomic mass is 9.67. The van der Waals surface area contributed by atoms with E-state index in [0.717, 1.165) is 37.3 Å². The van der Waals surface area contributed by atoms with Crippen molar-refractivity contribution in [3.05, 3.63) is 70.8 Å². The van der Waals surface area contributed by atoms with Crippen LogP contribution in [0.5, 0.6) is 0 Å². The normalized spacial score (nSPS) is 22.6. The Hall–Kier alpha value is -3.86. The summed E-state index contributed by atoms with van der Waals surface area (Å²) in [7, 11) is 0. The molecular weight excluding hydrogens is 552 g/mol. The molecule has 0 radical (unpaired) electrons. The molecule has 2 aromatic carbocycles. The van der Waals surface area contributed by atoms with E-state index in [9.17, 15) is 14.0 Å². The van der Waals surface area contributed by atoms with Crippen molar-refractivity contribution in [2.24, 2.45) is 21.4 Å². The molecule has 11 heteroatoms. The van der Waals surface area contributed by atoms with Gasteiger partial charge >= 0.3 is 0 Å². The molecule has 230 valence electrons. The zero-order chi connectivity index (χ0) is 30.8. The van der Waals surface area contributed by atoms with Gasteiger partial charge in [0, 0.05) is 11.1 Å². The van der Waals surface area contributed by atoms with Crippen molar-refractivity contribution in [2.45, 2.75) is 84.3 Å². The van der Waals surface area contributed by atoms with Crippen LogP contribution in [0.25, 0.3) is 0 Å². The van der Waals surface area contributed by atoms with Crippen molar-refractivity contribution in [3.8, 4) is 0 Å². The first-order chi connectivity index (χ1) is 20.6. The van der Waals surface area contributed by atoms with Crippen LogP contribution < -0.4 is 21.8 Å². The molecule has 2 heterocycles. The van der Waals surface area contributed by atoms with Gasteiger partial charge in [0.05, 0.1) is 12.6 Å². The number of halogens is 2. The lowest BCUT2D eigenvalue weighted by Crippen LogP contribution is -2.51. The predicted molar refractivity (Wildman–Crippen MR) is 162 cm³/mol. The number of hydrazone groups is 1. The van der Waals surface area contributed by atoms with Gasteiger partial charge in [0.15, 0.2) is 17.5 Å². The Kier molecular flexibility index (Phi) is 8.82. The molecule has 1 atom stereocenters. The van der Waals surface area contributed by atoms with Crippen LogP contribution in [0, 0.1) is 23.0 Å². The average Bonchev–Trinajstić information content (AvgIpc) is 3.63. The topological polar surface area (TPSA) is 110 Å². The number of amides is 2. The SMILES string of the molecule is CCCC(c1ccc(C(=O)NCC2=NNNN2)cc1)N1C(=O)C(c2cccc(F)c2F)=NC12CCC(C(C)(C)CC)CC2. The standard InChI is InChI=1S/C32H41F2N7O2/c1-5-8-25(20-11-13-21(14-12-20)29(42)35-19-26-37-39-40-38-26)41-30(43)28(23-9-7-10-24(33)27(23)34)36-32(41)17-15-22(16-18-32)31(3,4)6-2/h7,9-14,22,25,39-40H,5-6,8,15-19H2,1-4H3,(H,35,42)(H,37,38). The number of hydrogen-bond acceptors (Lipinski definition) is 7. The quantitative estimate of drug-likeness (QED) is 0.306. The maximum Gasteiger partial charge on any atom is 0.275 e. The summed E-state index contributed by atoms with van der Waals surface area (Å²) in [4.78, 5) is 33.9. The first kappa shape index (κ1) is 30.6. The molecule has 3 aliphatic rings. The van der Waals surface area contributed by atoms with E-state index in [1.807, 2.05) is 17.0 Å². The van der Waals surface area contributed by atoms with Crippen LogP contribution in [-0.4, -0.2) is 40.5 Å². The largest absolute Gasteiger partial charge is 0.345 e. The molecule has 1 aliphatic carbocycles. The van der Waals surface area contributed by atoms with Crippen molar-refractivity contribution >= 4 is 23.4 Å². The summed E-state index contributed by atoms with van der Waals surface area (Å²) in [5.74, 6) is -1.67. The minimum Gasteiger partial charge on any atom is -0.345 e. The van der Waals surface area contributed by atoms with Gasteiger partial charge in [0.2, 0.25) is 0 Å². The molecule has 1 unspecified atom stereocenters. The number of hydrogen-bond donors (Lipinski definition) is 4. The lowest BCUT2D eigenvalue weighted by Gasteiger charge is -2.48.